The van der Waals surface area contributed by atoms with Gasteiger partial charge in [-0.1, -0.05) is 0 Å². The van der Waals surface area contributed by atoms with Crippen LogP contribution in [0.3, 0.4) is 0 Å². The number of likely N-dealkylation sites (N-methyl/N-ethyl adjacent to an activating group) is 1. The molecule has 0 spiro atoms. The van der Waals surface area contributed by atoms with E-state index in [1.165, 1.54) is 50.3 Å². The highest BCUT2D eigenvalue weighted by Gasteiger charge is 2.29. The maximum atomic E-state index is 5.97. The Morgan fingerprint density at radius 1 is 1.35 bits per heavy atom. The molecule has 0 saturated carbocycles. The fourth-order valence-corrected chi connectivity index (χ4v) is 4.93. The van der Waals surface area contributed by atoms with Gasteiger partial charge in [0.05, 0.1) is 0 Å². The lowest BCUT2D eigenvalue weighted by molar-refractivity contribution is 0.103. The topological polar surface area (TPSA) is 32.5 Å². The highest BCUT2D eigenvalue weighted by Crippen LogP contribution is 2.39. The molecule has 0 aromatic carbocycles. The van der Waals surface area contributed by atoms with Crippen molar-refractivity contribution in [3.8, 4) is 0 Å². The van der Waals surface area contributed by atoms with Crippen LogP contribution in [0.5, 0.6) is 0 Å². The van der Waals surface area contributed by atoms with Crippen LogP contribution in [0.25, 0.3) is 0 Å². The van der Waals surface area contributed by atoms with Crippen LogP contribution in [0.2, 0.25) is 0 Å². The number of hydrogen-bond donors (Lipinski definition) is 1. The Morgan fingerprint density at radius 2 is 2.10 bits per heavy atom. The van der Waals surface area contributed by atoms with Gasteiger partial charge in [-0.3, -0.25) is 4.90 Å². The van der Waals surface area contributed by atoms with Crippen molar-refractivity contribution in [2.45, 2.75) is 44.7 Å². The van der Waals surface area contributed by atoms with E-state index in [1.54, 1.807) is 10.4 Å². The average Bonchev–Trinajstić information content (AvgIpc) is 2.80. The molecule has 2 aliphatic rings. The molecule has 112 valence electrons. The lowest BCUT2D eigenvalue weighted by Gasteiger charge is -2.39. The van der Waals surface area contributed by atoms with Crippen LogP contribution >= 0.6 is 11.3 Å². The number of fused-ring (bicyclic) bond motifs is 1. The van der Waals surface area contributed by atoms with Crippen LogP contribution in [-0.4, -0.2) is 49.1 Å². The van der Waals surface area contributed by atoms with Gasteiger partial charge in [0.1, 0.15) is 0 Å². The summed E-state index contributed by atoms with van der Waals surface area (Å²) in [6.07, 6.45) is 5.00. The molecule has 3 rings (SSSR count). The smallest absolute Gasteiger partial charge is 0.0360 e. The molecule has 4 heteroatoms. The second-order valence-corrected chi connectivity index (χ2v) is 7.74. The summed E-state index contributed by atoms with van der Waals surface area (Å²) in [5.74, 6) is 0. The molecule has 1 aliphatic carbocycles. The van der Waals surface area contributed by atoms with Gasteiger partial charge in [0, 0.05) is 48.0 Å². The molecule has 0 amide bonds. The molecule has 2 unspecified atom stereocenters. The lowest BCUT2D eigenvalue weighted by Crippen LogP contribution is -2.46. The van der Waals surface area contributed by atoms with Crippen molar-refractivity contribution in [1.82, 2.24) is 9.80 Å². The summed E-state index contributed by atoms with van der Waals surface area (Å²) >= 11 is 2.01. The fourth-order valence-electron chi connectivity index (χ4n) is 3.52. The third kappa shape index (κ3) is 3.08. The molecule has 0 bridgehead atoms. The molecule has 2 atom stereocenters. The molecule has 1 fully saturated rings. The predicted molar refractivity (Wildman–Crippen MR) is 86.4 cm³/mol. The quantitative estimate of drug-likeness (QED) is 0.928. The van der Waals surface area contributed by atoms with E-state index in [-0.39, 0.29) is 6.04 Å². The van der Waals surface area contributed by atoms with Gasteiger partial charge < -0.3 is 10.6 Å². The fraction of sp³-hybridized carbons (Fsp3) is 0.750. The van der Waals surface area contributed by atoms with Crippen LogP contribution in [0, 0.1) is 0 Å². The van der Waals surface area contributed by atoms with E-state index in [2.05, 4.69) is 29.8 Å². The van der Waals surface area contributed by atoms with Crippen LogP contribution in [0.15, 0.2) is 6.07 Å². The number of piperazine rings is 1. The summed E-state index contributed by atoms with van der Waals surface area (Å²) in [6.45, 7) is 6.97. The van der Waals surface area contributed by atoms with Crippen molar-refractivity contribution >= 4 is 11.3 Å². The van der Waals surface area contributed by atoms with E-state index in [4.69, 9.17) is 5.73 Å². The zero-order valence-corrected chi connectivity index (χ0v) is 13.6. The van der Waals surface area contributed by atoms with Crippen molar-refractivity contribution in [2.75, 3.05) is 33.2 Å². The molecule has 1 aromatic heterocycles. The maximum Gasteiger partial charge on any atom is 0.0360 e. The van der Waals surface area contributed by atoms with Crippen LogP contribution in [-0.2, 0) is 12.8 Å². The van der Waals surface area contributed by atoms with E-state index in [0.717, 1.165) is 6.42 Å². The predicted octanol–water partition coefficient (Wildman–Crippen LogP) is 2.26. The molecular weight excluding hydrogens is 266 g/mol. The summed E-state index contributed by atoms with van der Waals surface area (Å²) in [4.78, 5) is 8.28. The molecule has 1 aliphatic heterocycles. The molecule has 1 aromatic rings. The van der Waals surface area contributed by atoms with Gasteiger partial charge in [-0.2, -0.15) is 0 Å². The van der Waals surface area contributed by atoms with E-state index in [9.17, 15) is 0 Å². The summed E-state index contributed by atoms with van der Waals surface area (Å²) in [7, 11) is 2.23. The third-order valence-corrected chi connectivity index (χ3v) is 5.87. The van der Waals surface area contributed by atoms with Crippen molar-refractivity contribution in [1.29, 1.82) is 0 Å². The molecule has 2 heterocycles. The number of thiophene rings is 1. The molecule has 20 heavy (non-hydrogen) atoms. The Balaban J connectivity index is 1.77. The van der Waals surface area contributed by atoms with Gasteiger partial charge in [0.15, 0.2) is 0 Å². The molecule has 3 nitrogen and oxygen atoms in total. The first-order valence-electron chi connectivity index (χ1n) is 7.93. The van der Waals surface area contributed by atoms with Crippen molar-refractivity contribution in [3.63, 3.8) is 0 Å². The SMILES string of the molecule is CC(N)Cc1cc2c(s1)CCCC2N1CCN(C)CC1. The first-order chi connectivity index (χ1) is 9.63. The van der Waals surface area contributed by atoms with E-state index in [0.29, 0.717) is 6.04 Å². The lowest BCUT2D eigenvalue weighted by atomic mass is 9.91. The minimum Gasteiger partial charge on any atom is -0.328 e. The Labute approximate surface area is 126 Å². The normalized spacial score (nSPS) is 26.4. The molecular formula is C16H27N3S. The van der Waals surface area contributed by atoms with Crippen molar-refractivity contribution in [3.05, 3.63) is 21.4 Å². The van der Waals surface area contributed by atoms with Crippen LogP contribution in [0.1, 0.15) is 41.1 Å². The minimum atomic E-state index is 0.275. The number of nitrogens with zero attached hydrogens (tertiary/aromatic N) is 2. The Bertz CT molecular complexity index is 447. The second kappa shape index (κ2) is 6.14. The first-order valence-corrected chi connectivity index (χ1v) is 8.75. The third-order valence-electron chi connectivity index (χ3n) is 4.63. The van der Waals surface area contributed by atoms with Crippen molar-refractivity contribution in [2.24, 2.45) is 5.73 Å². The Kier molecular flexibility index (Phi) is 4.46. The van der Waals surface area contributed by atoms with E-state index in [1.807, 2.05) is 11.3 Å². The zero-order valence-electron chi connectivity index (χ0n) is 12.8. The van der Waals surface area contributed by atoms with Crippen molar-refractivity contribution < 1.29 is 0 Å². The average molecular weight is 293 g/mol. The number of rotatable bonds is 3. The van der Waals surface area contributed by atoms with Crippen LogP contribution in [0.4, 0.5) is 0 Å². The van der Waals surface area contributed by atoms with E-state index < -0.39 is 0 Å². The van der Waals surface area contributed by atoms with Gasteiger partial charge in [-0.15, -0.1) is 11.3 Å². The summed E-state index contributed by atoms with van der Waals surface area (Å²) < 4.78 is 0. The van der Waals surface area contributed by atoms with Gasteiger partial charge in [-0.05, 0) is 51.3 Å². The second-order valence-electron chi connectivity index (χ2n) is 6.52. The van der Waals surface area contributed by atoms with Gasteiger partial charge >= 0.3 is 0 Å². The first kappa shape index (κ1) is 14.5. The highest BCUT2D eigenvalue weighted by molar-refractivity contribution is 7.12. The molecule has 0 radical (unpaired) electrons. The minimum absolute atomic E-state index is 0.275. The molecule has 1 saturated heterocycles. The number of hydrogen-bond acceptors (Lipinski definition) is 4. The maximum absolute atomic E-state index is 5.97. The number of nitrogens with two attached hydrogens (primary N) is 1. The van der Waals surface area contributed by atoms with Gasteiger partial charge in [0.25, 0.3) is 0 Å². The summed E-state index contributed by atoms with van der Waals surface area (Å²) in [5.41, 5.74) is 7.59. The largest absolute Gasteiger partial charge is 0.328 e. The highest BCUT2D eigenvalue weighted by atomic mass is 32.1. The number of aryl methyl sites for hydroxylation is 1. The Hall–Kier alpha value is -0.420. The monoisotopic (exact) mass is 293 g/mol. The standard InChI is InChI=1S/C16H27N3S/c1-12(17)10-13-11-14-15(4-3-5-16(14)20-13)19-8-6-18(2)7-9-19/h11-12,15H,3-10,17H2,1-2H3. The van der Waals surface area contributed by atoms with Gasteiger partial charge in [-0.25, -0.2) is 0 Å². The van der Waals surface area contributed by atoms with Crippen LogP contribution < -0.4 is 5.73 Å². The zero-order chi connectivity index (χ0) is 14.1. The van der Waals surface area contributed by atoms with Gasteiger partial charge in [0.2, 0.25) is 0 Å². The van der Waals surface area contributed by atoms with E-state index >= 15 is 0 Å². The molecule has 2 N–H and O–H groups in total. The summed E-state index contributed by atoms with van der Waals surface area (Å²) in [5, 5.41) is 0. The Morgan fingerprint density at radius 3 is 2.80 bits per heavy atom. The summed E-state index contributed by atoms with van der Waals surface area (Å²) in [6, 6.07) is 3.41.